The monoisotopic (exact) mass is 467 g/mol. The van der Waals surface area contributed by atoms with E-state index in [0.717, 1.165) is 30.8 Å². The van der Waals surface area contributed by atoms with Crippen molar-refractivity contribution >= 4 is 23.6 Å². The minimum absolute atomic E-state index is 0.123. The van der Waals surface area contributed by atoms with Crippen LogP contribution in [-0.2, 0) is 4.74 Å². The van der Waals surface area contributed by atoms with Crippen LogP contribution in [0.5, 0.6) is 17.4 Å². The molecule has 1 aliphatic rings. The Bertz CT molecular complexity index is 1140. The predicted molar refractivity (Wildman–Crippen MR) is 127 cm³/mol. The van der Waals surface area contributed by atoms with Crippen LogP contribution in [0.4, 0.5) is 0 Å². The highest BCUT2D eigenvalue weighted by Gasteiger charge is 2.23. The van der Waals surface area contributed by atoms with Gasteiger partial charge in [0.05, 0.1) is 24.7 Å². The van der Waals surface area contributed by atoms with E-state index in [0.29, 0.717) is 29.5 Å². The molecule has 1 saturated heterocycles. The summed E-state index contributed by atoms with van der Waals surface area (Å²) < 4.78 is 17.1. The number of nitrogens with one attached hydrogen (secondary N) is 2. The lowest BCUT2D eigenvalue weighted by Crippen LogP contribution is -2.42. The summed E-state index contributed by atoms with van der Waals surface area (Å²) >= 11 is 4.08. The maximum atomic E-state index is 12.3. The molecule has 9 nitrogen and oxygen atoms in total. The van der Waals surface area contributed by atoms with E-state index >= 15 is 0 Å². The average Bonchev–Trinajstić information content (AvgIpc) is 3.24. The highest BCUT2D eigenvalue weighted by atomic mass is 32.1. The lowest BCUT2D eigenvalue weighted by Gasteiger charge is -2.30. The molecule has 0 unspecified atom stereocenters. The van der Waals surface area contributed by atoms with Crippen molar-refractivity contribution in [3.63, 3.8) is 0 Å². The summed E-state index contributed by atoms with van der Waals surface area (Å²) in [6.45, 7) is 3.85. The van der Waals surface area contributed by atoms with Crippen LogP contribution in [-0.4, -0.2) is 63.7 Å². The maximum Gasteiger partial charge on any atom is 0.274 e. The lowest BCUT2D eigenvalue weighted by atomic mass is 10.1. The van der Waals surface area contributed by atoms with Crippen LogP contribution >= 0.6 is 12.6 Å². The van der Waals surface area contributed by atoms with E-state index in [-0.39, 0.29) is 22.9 Å². The molecular weight excluding hydrogens is 442 g/mol. The van der Waals surface area contributed by atoms with Crippen LogP contribution in [0.2, 0.25) is 0 Å². The Morgan fingerprint density at radius 1 is 1.21 bits per heavy atom. The topological polar surface area (TPSA) is 113 Å². The molecular formula is C23H25N5O4S. The fraction of sp³-hybridized carbons (Fsp3) is 0.304. The van der Waals surface area contributed by atoms with Crippen molar-refractivity contribution in [2.45, 2.75) is 19.4 Å². The van der Waals surface area contributed by atoms with Crippen molar-refractivity contribution in [2.75, 3.05) is 26.8 Å². The van der Waals surface area contributed by atoms with Gasteiger partial charge in [0.15, 0.2) is 0 Å². The standard InChI is InChI=1S/C23H25N5O4S/c1-14(13-30-2)31-16-8-15(18-4-5-19(27-18)22(24)33)9-17(10-16)32-21-12-25-20(11-26-21)23(29)28-6-3-7-28/h4-5,8-12,14,27H,3,6-7,13H2,1-2H3,(H2,24,33)/t14-/m0/s1. The molecule has 2 N–H and O–H groups in total. The van der Waals surface area contributed by atoms with Gasteiger partial charge in [-0.1, -0.05) is 0 Å². The molecule has 172 valence electrons. The minimum Gasteiger partial charge on any atom is -0.488 e. The molecule has 10 heteroatoms. The molecule has 0 bridgehead atoms. The molecule has 2 aromatic heterocycles. The number of hydrogen-bond acceptors (Lipinski definition) is 7. The van der Waals surface area contributed by atoms with Crippen LogP contribution in [0.25, 0.3) is 11.3 Å². The Labute approximate surface area is 197 Å². The number of carbonyl (C=O) groups is 1. The van der Waals surface area contributed by atoms with Crippen molar-refractivity contribution in [1.82, 2.24) is 19.9 Å². The number of amides is 1. The Kier molecular flexibility index (Phi) is 6.95. The normalized spacial score (nSPS) is 13.8. The first kappa shape index (κ1) is 22.8. The van der Waals surface area contributed by atoms with Crippen molar-refractivity contribution in [1.29, 1.82) is 5.41 Å². The first-order chi connectivity index (χ1) is 15.9. The quantitative estimate of drug-likeness (QED) is 0.251. The minimum atomic E-state index is -0.172. The zero-order chi connectivity index (χ0) is 23.4. The number of ether oxygens (including phenoxy) is 3. The Morgan fingerprint density at radius 3 is 2.61 bits per heavy atom. The van der Waals surface area contributed by atoms with Crippen LogP contribution in [0.15, 0.2) is 42.7 Å². The van der Waals surface area contributed by atoms with Gasteiger partial charge in [0.2, 0.25) is 5.88 Å². The number of likely N-dealkylation sites (tertiary alicyclic amines) is 1. The van der Waals surface area contributed by atoms with Crippen LogP contribution in [0, 0.1) is 5.41 Å². The number of benzene rings is 1. The summed E-state index contributed by atoms with van der Waals surface area (Å²) in [4.78, 5) is 25.6. The van der Waals surface area contributed by atoms with E-state index in [1.165, 1.54) is 12.4 Å². The number of nitrogens with zero attached hydrogens (tertiary/aromatic N) is 3. The van der Waals surface area contributed by atoms with E-state index in [2.05, 4.69) is 27.6 Å². The van der Waals surface area contributed by atoms with Gasteiger partial charge in [-0.3, -0.25) is 10.2 Å². The van der Waals surface area contributed by atoms with E-state index in [1.54, 1.807) is 24.1 Å². The van der Waals surface area contributed by atoms with Crippen LogP contribution in [0.1, 0.15) is 29.5 Å². The average molecular weight is 468 g/mol. The molecule has 4 rings (SSSR count). The summed E-state index contributed by atoms with van der Waals surface area (Å²) in [5.74, 6) is 1.21. The molecule has 1 aliphatic heterocycles. The Hall–Kier alpha value is -3.37. The third-order valence-corrected chi connectivity index (χ3v) is 5.32. The summed E-state index contributed by atoms with van der Waals surface area (Å²) in [6, 6.07) is 9.09. The summed E-state index contributed by atoms with van der Waals surface area (Å²) in [6.07, 6.45) is 3.70. The first-order valence-electron chi connectivity index (χ1n) is 10.5. The number of aromatic nitrogens is 3. The van der Waals surface area contributed by atoms with Gasteiger partial charge in [-0.15, -0.1) is 12.6 Å². The number of hydrogen-bond donors (Lipinski definition) is 3. The lowest BCUT2D eigenvalue weighted by molar-refractivity contribution is 0.0645. The van der Waals surface area contributed by atoms with Crippen molar-refractivity contribution in [3.8, 4) is 28.6 Å². The summed E-state index contributed by atoms with van der Waals surface area (Å²) in [7, 11) is 1.62. The largest absolute Gasteiger partial charge is 0.488 e. The highest BCUT2D eigenvalue weighted by molar-refractivity contribution is 7.97. The maximum absolute atomic E-state index is 12.3. The second kappa shape index (κ2) is 10.1. The van der Waals surface area contributed by atoms with E-state index in [9.17, 15) is 4.79 Å². The second-order valence-electron chi connectivity index (χ2n) is 7.70. The van der Waals surface area contributed by atoms with E-state index in [4.69, 9.17) is 19.6 Å². The van der Waals surface area contributed by atoms with Crippen LogP contribution in [0.3, 0.4) is 0 Å². The molecule has 0 radical (unpaired) electrons. The third kappa shape index (κ3) is 5.52. The molecule has 0 aliphatic carbocycles. The van der Waals surface area contributed by atoms with Crippen LogP contribution < -0.4 is 9.47 Å². The molecule has 0 saturated carbocycles. The molecule has 1 fully saturated rings. The number of H-pyrrole nitrogens is 1. The Morgan fingerprint density at radius 2 is 2.00 bits per heavy atom. The molecule has 0 spiro atoms. The number of carbonyl (C=O) groups excluding carboxylic acids is 1. The van der Waals surface area contributed by atoms with Gasteiger partial charge in [0, 0.05) is 37.5 Å². The SMILES string of the molecule is COC[C@H](C)Oc1cc(Oc2cnc(C(=O)N3CCC3)cn2)cc(-c2ccc(C(=N)S)[nH]2)c1. The second-order valence-corrected chi connectivity index (χ2v) is 8.15. The molecule has 1 atom stereocenters. The van der Waals surface area contributed by atoms with Crippen molar-refractivity contribution in [2.24, 2.45) is 0 Å². The summed E-state index contributed by atoms with van der Waals surface area (Å²) in [5, 5.41) is 7.84. The third-order valence-electron chi connectivity index (χ3n) is 5.08. The van der Waals surface area contributed by atoms with Gasteiger partial charge in [0.25, 0.3) is 5.91 Å². The van der Waals surface area contributed by atoms with Gasteiger partial charge >= 0.3 is 0 Å². The number of rotatable bonds is 9. The number of thiol groups is 1. The van der Waals surface area contributed by atoms with Gasteiger partial charge in [-0.05, 0) is 37.6 Å². The molecule has 3 aromatic rings. The van der Waals surface area contributed by atoms with Crippen molar-refractivity contribution in [3.05, 3.63) is 54.1 Å². The summed E-state index contributed by atoms with van der Waals surface area (Å²) in [5.41, 5.74) is 2.47. The zero-order valence-corrected chi connectivity index (χ0v) is 19.3. The zero-order valence-electron chi connectivity index (χ0n) is 18.4. The number of methoxy groups -OCH3 is 1. The smallest absolute Gasteiger partial charge is 0.274 e. The van der Waals surface area contributed by atoms with Gasteiger partial charge in [-0.2, -0.15) is 0 Å². The van der Waals surface area contributed by atoms with Gasteiger partial charge in [-0.25, -0.2) is 9.97 Å². The molecule has 33 heavy (non-hydrogen) atoms. The predicted octanol–water partition coefficient (Wildman–Crippen LogP) is 3.78. The number of aromatic amines is 1. The highest BCUT2D eigenvalue weighted by Crippen LogP contribution is 2.32. The molecule has 1 aromatic carbocycles. The fourth-order valence-corrected chi connectivity index (χ4v) is 3.47. The molecule has 3 heterocycles. The van der Waals surface area contributed by atoms with E-state index in [1.807, 2.05) is 25.1 Å². The van der Waals surface area contributed by atoms with Gasteiger partial charge in [0.1, 0.15) is 28.3 Å². The first-order valence-corrected chi connectivity index (χ1v) is 10.9. The Balaban J connectivity index is 1.58. The van der Waals surface area contributed by atoms with Gasteiger partial charge < -0.3 is 24.1 Å². The van der Waals surface area contributed by atoms with Crippen molar-refractivity contribution < 1.29 is 19.0 Å². The van der Waals surface area contributed by atoms with E-state index < -0.39 is 0 Å². The fourth-order valence-electron chi connectivity index (χ4n) is 3.34. The molecule has 1 amide bonds.